The van der Waals surface area contributed by atoms with E-state index in [0.29, 0.717) is 29.2 Å². The fraction of sp³-hybridized carbons (Fsp3) is 0.212. The van der Waals surface area contributed by atoms with E-state index >= 15 is 0 Å². The van der Waals surface area contributed by atoms with E-state index in [1.54, 1.807) is 43.3 Å². The molecule has 5 rings (SSSR count). The minimum atomic E-state index is -0.982. The zero-order valence-electron chi connectivity index (χ0n) is 24.5. The van der Waals surface area contributed by atoms with Crippen molar-refractivity contribution in [3.05, 3.63) is 111 Å². The van der Waals surface area contributed by atoms with Crippen LogP contribution in [0.2, 0.25) is 0 Å². The maximum atomic E-state index is 13.5. The van der Waals surface area contributed by atoms with E-state index in [0.717, 1.165) is 28.2 Å². The number of hydrogen-bond donors (Lipinski definition) is 1. The highest BCUT2D eigenvalue weighted by Gasteiger charge is 2.48. The summed E-state index contributed by atoms with van der Waals surface area (Å²) < 4.78 is 10.8. The molecule has 1 aliphatic heterocycles. The third-order valence-corrected chi connectivity index (χ3v) is 8.45. The Hall–Kier alpha value is -4.96. The van der Waals surface area contributed by atoms with Crippen molar-refractivity contribution in [2.24, 2.45) is 0 Å². The van der Waals surface area contributed by atoms with Crippen LogP contribution in [0.25, 0.3) is 5.76 Å². The van der Waals surface area contributed by atoms with Crippen molar-refractivity contribution in [1.29, 1.82) is 0 Å². The average molecular weight is 598 g/mol. The summed E-state index contributed by atoms with van der Waals surface area (Å²) in [5.74, 6) is -2.04. The standard InChI is InChI=1S/C33H31N3O6S/c1-19-8-6-7-9-23(19)18-42-25-16-12-22(13-17-25)28(37)26-27(21-10-14-24(15-11-21)35(3)4)36(31(39)29(26)38)33-34-20(2)30(43-33)32(40)41-5/h6-17,27,37H,18H2,1-5H3. The van der Waals surface area contributed by atoms with Crippen molar-refractivity contribution in [2.45, 2.75) is 26.5 Å². The van der Waals surface area contributed by atoms with E-state index in [1.807, 2.05) is 62.3 Å². The van der Waals surface area contributed by atoms with Crippen LogP contribution in [0.5, 0.6) is 5.75 Å². The predicted molar refractivity (Wildman–Crippen MR) is 166 cm³/mol. The summed E-state index contributed by atoms with van der Waals surface area (Å²) in [6.45, 7) is 4.03. The molecule has 1 fully saturated rings. The summed E-state index contributed by atoms with van der Waals surface area (Å²) in [4.78, 5) is 47.2. The SMILES string of the molecule is COC(=O)c1sc(N2C(=O)C(=O)C(=C(O)c3ccc(OCc4ccccc4C)cc3)C2c2ccc(N(C)C)cc2)nc1C. The van der Waals surface area contributed by atoms with Crippen LogP contribution in [0.4, 0.5) is 10.8 Å². The van der Waals surface area contributed by atoms with E-state index < -0.39 is 23.7 Å². The van der Waals surface area contributed by atoms with E-state index in [1.165, 1.54) is 12.0 Å². The number of aliphatic hydroxyl groups is 1. The Labute approximate surface area is 253 Å². The highest BCUT2D eigenvalue weighted by Crippen LogP contribution is 2.44. The first kappa shape index (κ1) is 29.5. The van der Waals surface area contributed by atoms with E-state index in [4.69, 9.17) is 9.47 Å². The van der Waals surface area contributed by atoms with Gasteiger partial charge in [0.1, 0.15) is 23.0 Å². The average Bonchev–Trinajstić information content (AvgIpc) is 3.52. The fourth-order valence-corrected chi connectivity index (χ4v) is 5.88. The first-order valence-corrected chi connectivity index (χ1v) is 14.3. The van der Waals surface area contributed by atoms with Gasteiger partial charge < -0.3 is 19.5 Å². The summed E-state index contributed by atoms with van der Waals surface area (Å²) in [6, 6.07) is 21.0. The monoisotopic (exact) mass is 597 g/mol. The summed E-state index contributed by atoms with van der Waals surface area (Å²) in [5.41, 5.74) is 4.33. The van der Waals surface area contributed by atoms with Crippen LogP contribution in [-0.2, 0) is 20.9 Å². The van der Waals surface area contributed by atoms with Crippen molar-refractivity contribution in [2.75, 3.05) is 31.0 Å². The Morgan fingerprint density at radius 3 is 2.30 bits per heavy atom. The Morgan fingerprint density at radius 2 is 1.67 bits per heavy atom. The molecule has 0 spiro atoms. The second-order valence-electron chi connectivity index (χ2n) is 10.3. The molecule has 1 saturated heterocycles. The van der Waals surface area contributed by atoms with E-state index in [9.17, 15) is 19.5 Å². The molecular weight excluding hydrogens is 566 g/mol. The lowest BCUT2D eigenvalue weighted by Crippen LogP contribution is -2.29. The molecule has 9 nitrogen and oxygen atoms in total. The molecule has 4 aromatic rings. The molecule has 1 unspecified atom stereocenters. The highest BCUT2D eigenvalue weighted by atomic mass is 32.1. The number of amides is 1. The van der Waals surface area contributed by atoms with Crippen molar-refractivity contribution in [1.82, 2.24) is 4.98 Å². The quantitative estimate of drug-likeness (QED) is 0.117. The van der Waals surface area contributed by atoms with Gasteiger partial charge >= 0.3 is 11.9 Å². The van der Waals surface area contributed by atoms with Crippen LogP contribution in [0.1, 0.15) is 43.7 Å². The summed E-state index contributed by atoms with van der Waals surface area (Å²) in [5, 5.41) is 11.7. The van der Waals surface area contributed by atoms with Crippen LogP contribution in [0.15, 0.2) is 78.4 Å². The smallest absolute Gasteiger partial charge is 0.350 e. The van der Waals surface area contributed by atoms with Crippen LogP contribution >= 0.6 is 11.3 Å². The number of benzene rings is 3. The minimum Gasteiger partial charge on any atom is -0.507 e. The molecule has 1 amide bonds. The number of aryl methyl sites for hydroxylation is 2. The highest BCUT2D eigenvalue weighted by molar-refractivity contribution is 7.17. The Balaban J connectivity index is 1.55. The number of carbonyl (C=O) groups is 3. The first-order valence-electron chi connectivity index (χ1n) is 13.5. The lowest BCUT2D eigenvalue weighted by molar-refractivity contribution is -0.132. The molecule has 1 aliphatic rings. The van der Waals surface area contributed by atoms with Gasteiger partial charge in [0.15, 0.2) is 5.13 Å². The van der Waals surface area contributed by atoms with Gasteiger partial charge in [-0.15, -0.1) is 0 Å². The van der Waals surface area contributed by atoms with Gasteiger partial charge in [-0.1, -0.05) is 47.7 Å². The Kier molecular flexibility index (Phi) is 8.31. The molecule has 1 N–H and O–H groups in total. The number of rotatable bonds is 8. The molecule has 220 valence electrons. The van der Waals surface area contributed by atoms with Crippen LogP contribution in [0, 0.1) is 13.8 Å². The second-order valence-corrected chi connectivity index (χ2v) is 11.3. The number of esters is 1. The third-order valence-electron chi connectivity index (χ3n) is 7.32. The molecule has 1 aromatic heterocycles. The molecular formula is C33H31N3O6S. The van der Waals surface area contributed by atoms with E-state index in [2.05, 4.69) is 4.98 Å². The molecule has 0 bridgehead atoms. The van der Waals surface area contributed by atoms with Crippen molar-refractivity contribution >= 4 is 45.6 Å². The summed E-state index contributed by atoms with van der Waals surface area (Å²) in [6.07, 6.45) is 0. The van der Waals surface area contributed by atoms with Crippen molar-refractivity contribution < 1.29 is 29.0 Å². The Bertz CT molecular complexity index is 1720. The number of nitrogens with zero attached hydrogens (tertiary/aromatic N) is 3. The molecule has 0 radical (unpaired) electrons. The molecule has 2 heterocycles. The van der Waals surface area contributed by atoms with Gasteiger partial charge in [0.25, 0.3) is 5.78 Å². The number of thiazole rings is 1. The van der Waals surface area contributed by atoms with Crippen LogP contribution in [0.3, 0.4) is 0 Å². The number of anilines is 2. The van der Waals surface area contributed by atoms with Gasteiger partial charge in [-0.2, -0.15) is 0 Å². The molecule has 3 aromatic carbocycles. The first-order chi connectivity index (χ1) is 20.6. The number of aliphatic hydroxyl groups excluding tert-OH is 1. The number of carbonyl (C=O) groups excluding carboxylic acids is 3. The second kappa shape index (κ2) is 12.1. The third kappa shape index (κ3) is 5.74. The number of Topliss-reactive ketones (excluding diaryl/α,β-unsaturated/α-hetero) is 1. The molecule has 0 saturated carbocycles. The van der Waals surface area contributed by atoms with Crippen molar-refractivity contribution in [3.8, 4) is 5.75 Å². The molecule has 10 heteroatoms. The zero-order chi connectivity index (χ0) is 30.8. The molecule has 1 atom stereocenters. The van der Waals surface area contributed by atoms with Crippen LogP contribution < -0.4 is 14.5 Å². The number of methoxy groups -OCH3 is 1. The maximum Gasteiger partial charge on any atom is 0.350 e. The number of ether oxygens (including phenoxy) is 2. The number of aromatic nitrogens is 1. The zero-order valence-corrected chi connectivity index (χ0v) is 25.3. The van der Waals surface area contributed by atoms with Crippen molar-refractivity contribution in [3.63, 3.8) is 0 Å². The lowest BCUT2D eigenvalue weighted by Gasteiger charge is -2.23. The van der Waals surface area contributed by atoms with E-state index in [-0.39, 0.29) is 21.3 Å². The normalized spacial score (nSPS) is 15.9. The fourth-order valence-electron chi connectivity index (χ4n) is 4.86. The van der Waals surface area contributed by atoms with Gasteiger partial charge in [0.05, 0.1) is 24.4 Å². The summed E-state index contributed by atoms with van der Waals surface area (Å²) in [7, 11) is 5.07. The minimum absolute atomic E-state index is 0.0800. The molecule has 43 heavy (non-hydrogen) atoms. The number of ketones is 1. The Morgan fingerprint density at radius 1 is 1.00 bits per heavy atom. The van der Waals surface area contributed by atoms with Gasteiger partial charge in [-0.25, -0.2) is 9.78 Å². The van der Waals surface area contributed by atoms with Crippen LogP contribution in [-0.4, -0.2) is 49.0 Å². The summed E-state index contributed by atoms with van der Waals surface area (Å²) >= 11 is 0.956. The largest absolute Gasteiger partial charge is 0.507 e. The topological polar surface area (TPSA) is 109 Å². The van der Waals surface area contributed by atoms with Gasteiger partial charge in [-0.3, -0.25) is 14.5 Å². The number of hydrogen-bond acceptors (Lipinski definition) is 9. The molecule has 0 aliphatic carbocycles. The van der Waals surface area contributed by atoms with Gasteiger partial charge in [0, 0.05) is 25.3 Å². The predicted octanol–water partition coefficient (Wildman–Crippen LogP) is 5.82. The maximum absolute atomic E-state index is 13.5. The lowest BCUT2D eigenvalue weighted by atomic mass is 9.95. The van der Waals surface area contributed by atoms with Gasteiger partial charge in [-0.05, 0) is 66.9 Å². The van der Waals surface area contributed by atoms with Gasteiger partial charge in [0.2, 0.25) is 0 Å².